The van der Waals surface area contributed by atoms with E-state index in [2.05, 4.69) is 137 Å². The molecule has 2 heterocycles. The summed E-state index contributed by atoms with van der Waals surface area (Å²) in [5.74, 6) is 0.318. The lowest BCUT2D eigenvalue weighted by atomic mass is 9.79. The fraction of sp³-hybridized carbons (Fsp3) is 0.0952. The van der Waals surface area contributed by atoms with Crippen LogP contribution >= 0.6 is 0 Å². The van der Waals surface area contributed by atoms with Gasteiger partial charge >= 0.3 is 0 Å². The van der Waals surface area contributed by atoms with Crippen molar-refractivity contribution in [1.82, 2.24) is 9.97 Å². The van der Waals surface area contributed by atoms with Gasteiger partial charge in [0.05, 0.1) is 0 Å². The van der Waals surface area contributed by atoms with Crippen molar-refractivity contribution in [2.24, 2.45) is 0 Å². The number of hydrogen-bond acceptors (Lipinski definition) is 2. The average molecular weight is 565 g/mol. The Morgan fingerprint density at radius 1 is 0.568 bits per heavy atom. The zero-order valence-corrected chi connectivity index (χ0v) is 24.5. The molecule has 1 unspecified atom stereocenters. The van der Waals surface area contributed by atoms with Crippen LogP contribution in [0.5, 0.6) is 0 Å². The summed E-state index contributed by atoms with van der Waals surface area (Å²) in [7, 11) is 0. The van der Waals surface area contributed by atoms with E-state index in [0.717, 1.165) is 19.3 Å². The Labute approximate surface area is 258 Å². The van der Waals surface area contributed by atoms with Crippen LogP contribution in [0.1, 0.15) is 47.4 Å². The van der Waals surface area contributed by atoms with Crippen LogP contribution in [0.2, 0.25) is 0 Å². The maximum atomic E-state index is 4.27. The molecule has 2 aliphatic rings. The van der Waals surface area contributed by atoms with E-state index in [0.29, 0.717) is 5.92 Å². The highest BCUT2D eigenvalue weighted by atomic mass is 14.6. The largest absolute Gasteiger partial charge is 0.265 e. The van der Waals surface area contributed by atoms with Gasteiger partial charge in [-0.15, -0.1) is 0 Å². The Balaban J connectivity index is 1.38. The SMILES string of the molecule is C1=CC(c2ccncc2)CC(c2c3ccccc3c(C3=CC(c4ccncc4)=CCC3)c3ccc(-c4ccccc4)cc23)=C1. The molecular formula is C42H32N2. The molecule has 2 nitrogen and oxygen atoms in total. The van der Waals surface area contributed by atoms with E-state index in [-0.39, 0.29) is 0 Å². The van der Waals surface area contributed by atoms with Crippen molar-refractivity contribution in [3.05, 3.63) is 174 Å². The molecule has 1 atom stereocenters. The lowest BCUT2D eigenvalue weighted by Gasteiger charge is -2.25. The number of rotatable bonds is 5. The molecule has 210 valence electrons. The maximum absolute atomic E-state index is 4.27. The highest BCUT2D eigenvalue weighted by Crippen LogP contribution is 2.46. The molecule has 4 aromatic carbocycles. The molecule has 6 aromatic rings. The van der Waals surface area contributed by atoms with E-state index >= 15 is 0 Å². The van der Waals surface area contributed by atoms with Gasteiger partial charge in [-0.25, -0.2) is 0 Å². The summed E-state index contributed by atoms with van der Waals surface area (Å²) in [5.41, 5.74) is 11.8. The van der Waals surface area contributed by atoms with Gasteiger partial charge in [-0.3, -0.25) is 9.97 Å². The summed E-state index contributed by atoms with van der Waals surface area (Å²) in [4.78, 5) is 8.52. The second-order valence-corrected chi connectivity index (χ2v) is 11.7. The summed E-state index contributed by atoms with van der Waals surface area (Å²) in [6.07, 6.45) is 22.2. The smallest absolute Gasteiger partial charge is 0.0273 e. The minimum absolute atomic E-state index is 0.318. The van der Waals surface area contributed by atoms with Crippen molar-refractivity contribution in [2.75, 3.05) is 0 Å². The van der Waals surface area contributed by atoms with E-state index in [1.807, 2.05) is 24.8 Å². The van der Waals surface area contributed by atoms with Crippen LogP contribution in [0.4, 0.5) is 0 Å². The zero-order valence-electron chi connectivity index (χ0n) is 24.5. The van der Waals surface area contributed by atoms with Gasteiger partial charge < -0.3 is 0 Å². The standard InChI is InChI=1S/C42H32N2/c1-2-8-29(9-3-1)34-16-17-39-40(28-34)42(36-13-7-11-33(27-36)31-20-24-44-25-21-31)38-15-5-4-14-37(38)41(39)35-12-6-10-32(26-35)30-18-22-43-23-19-30/h1-5,7-11,13-26,28,33H,6,12,27H2. The number of aromatic nitrogens is 2. The molecule has 0 spiro atoms. The Bertz CT molecular complexity index is 2120. The third kappa shape index (κ3) is 4.79. The van der Waals surface area contributed by atoms with Crippen LogP contribution in [0.3, 0.4) is 0 Å². The first-order valence-electron chi connectivity index (χ1n) is 15.5. The van der Waals surface area contributed by atoms with E-state index < -0.39 is 0 Å². The molecule has 2 aromatic heterocycles. The molecule has 8 rings (SSSR count). The lowest BCUT2D eigenvalue weighted by Crippen LogP contribution is -2.03. The second-order valence-electron chi connectivity index (χ2n) is 11.7. The molecule has 2 heteroatoms. The molecule has 0 radical (unpaired) electrons. The minimum atomic E-state index is 0.318. The van der Waals surface area contributed by atoms with Crippen molar-refractivity contribution in [1.29, 1.82) is 0 Å². The topological polar surface area (TPSA) is 25.8 Å². The molecule has 0 fully saturated rings. The number of benzene rings is 4. The van der Waals surface area contributed by atoms with Gasteiger partial charge in [0, 0.05) is 30.7 Å². The number of fused-ring (bicyclic) bond motifs is 2. The van der Waals surface area contributed by atoms with E-state index in [1.54, 1.807) is 0 Å². The highest BCUT2D eigenvalue weighted by molar-refractivity contribution is 6.17. The van der Waals surface area contributed by atoms with Crippen LogP contribution in [0.15, 0.2) is 152 Å². The highest BCUT2D eigenvalue weighted by Gasteiger charge is 2.23. The minimum Gasteiger partial charge on any atom is -0.265 e. The Morgan fingerprint density at radius 2 is 1.25 bits per heavy atom. The molecule has 2 aliphatic carbocycles. The van der Waals surface area contributed by atoms with Crippen molar-refractivity contribution in [2.45, 2.75) is 25.2 Å². The number of pyridine rings is 2. The van der Waals surface area contributed by atoms with Crippen molar-refractivity contribution >= 4 is 38.3 Å². The second kappa shape index (κ2) is 11.4. The summed E-state index contributed by atoms with van der Waals surface area (Å²) >= 11 is 0. The molecular weight excluding hydrogens is 532 g/mol. The number of nitrogens with zero attached hydrogens (tertiary/aromatic N) is 2. The van der Waals surface area contributed by atoms with E-state index in [1.165, 1.54) is 71.6 Å². The van der Waals surface area contributed by atoms with Crippen LogP contribution in [-0.2, 0) is 0 Å². The third-order valence-electron chi connectivity index (χ3n) is 9.11. The van der Waals surface area contributed by atoms with Crippen LogP contribution < -0.4 is 0 Å². The van der Waals surface area contributed by atoms with Gasteiger partial charge in [-0.2, -0.15) is 0 Å². The molecule has 0 amide bonds. The molecule has 0 saturated carbocycles. The quantitative estimate of drug-likeness (QED) is 0.195. The van der Waals surface area contributed by atoms with Gasteiger partial charge in [0.1, 0.15) is 0 Å². The van der Waals surface area contributed by atoms with Crippen LogP contribution in [0.25, 0.3) is 49.4 Å². The first-order valence-corrected chi connectivity index (χ1v) is 15.5. The number of allylic oxidation sites excluding steroid dienone is 8. The van der Waals surface area contributed by atoms with Crippen molar-refractivity contribution < 1.29 is 0 Å². The van der Waals surface area contributed by atoms with Crippen LogP contribution in [-0.4, -0.2) is 9.97 Å². The Kier molecular flexibility index (Phi) is 6.81. The lowest BCUT2D eigenvalue weighted by molar-refractivity contribution is 0.865. The van der Waals surface area contributed by atoms with Gasteiger partial charge in [-0.1, -0.05) is 97.1 Å². The Hall–Kier alpha value is -5.34. The first kappa shape index (κ1) is 26.3. The normalized spacial score (nSPS) is 16.5. The molecule has 0 bridgehead atoms. The average Bonchev–Trinajstić information content (AvgIpc) is 3.11. The van der Waals surface area contributed by atoms with Gasteiger partial charge in [0.25, 0.3) is 0 Å². The fourth-order valence-corrected chi connectivity index (χ4v) is 7.03. The molecule has 0 saturated heterocycles. The van der Waals surface area contributed by atoms with Gasteiger partial charge in [-0.05, 0) is 121 Å². The van der Waals surface area contributed by atoms with E-state index in [4.69, 9.17) is 0 Å². The monoisotopic (exact) mass is 564 g/mol. The predicted octanol–water partition coefficient (Wildman–Crippen LogP) is 10.8. The maximum Gasteiger partial charge on any atom is 0.0273 e. The van der Waals surface area contributed by atoms with Crippen LogP contribution in [0, 0.1) is 0 Å². The zero-order chi connectivity index (χ0) is 29.3. The summed E-state index contributed by atoms with van der Waals surface area (Å²) < 4.78 is 0. The summed E-state index contributed by atoms with van der Waals surface area (Å²) in [6, 6.07) is 35.4. The summed E-state index contributed by atoms with van der Waals surface area (Å²) in [5, 5.41) is 5.27. The van der Waals surface area contributed by atoms with Crippen molar-refractivity contribution in [3.8, 4) is 11.1 Å². The Morgan fingerprint density at radius 3 is 2.02 bits per heavy atom. The molecule has 0 N–H and O–H groups in total. The van der Waals surface area contributed by atoms with E-state index in [9.17, 15) is 0 Å². The molecule has 44 heavy (non-hydrogen) atoms. The third-order valence-corrected chi connectivity index (χ3v) is 9.11. The first-order chi connectivity index (χ1) is 21.8. The van der Waals surface area contributed by atoms with Gasteiger partial charge in [0.2, 0.25) is 0 Å². The number of hydrogen-bond donors (Lipinski definition) is 0. The predicted molar refractivity (Wildman–Crippen MR) is 185 cm³/mol. The van der Waals surface area contributed by atoms with Crippen molar-refractivity contribution in [3.63, 3.8) is 0 Å². The summed E-state index contributed by atoms with van der Waals surface area (Å²) in [6.45, 7) is 0. The molecule has 0 aliphatic heterocycles. The van der Waals surface area contributed by atoms with Gasteiger partial charge in [0.15, 0.2) is 0 Å². The fourth-order valence-electron chi connectivity index (χ4n) is 7.03.